The van der Waals surface area contributed by atoms with Crippen LogP contribution in [0, 0.1) is 0 Å². The predicted molar refractivity (Wildman–Crippen MR) is 81.7 cm³/mol. The van der Waals surface area contributed by atoms with Crippen molar-refractivity contribution in [2.24, 2.45) is 0 Å². The molecule has 2 aromatic rings. The molecule has 0 saturated carbocycles. The molecule has 0 bridgehead atoms. The van der Waals surface area contributed by atoms with Crippen LogP contribution in [0.25, 0.3) is 0 Å². The lowest BCUT2D eigenvalue weighted by atomic mass is 9.89. The van der Waals surface area contributed by atoms with Crippen molar-refractivity contribution in [3.05, 3.63) is 41.0 Å². The van der Waals surface area contributed by atoms with Crippen LogP contribution in [0.3, 0.4) is 0 Å². The number of benzene rings is 1. The summed E-state index contributed by atoms with van der Waals surface area (Å²) in [6.45, 7) is 6.35. The number of nitrogens with zero attached hydrogens (tertiary/aromatic N) is 2. The van der Waals surface area contributed by atoms with Gasteiger partial charge in [0, 0.05) is 5.41 Å². The van der Waals surface area contributed by atoms with Gasteiger partial charge in [-0.25, -0.2) is 0 Å². The van der Waals surface area contributed by atoms with Gasteiger partial charge in [-0.2, -0.15) is 4.98 Å². The largest absolute Gasteiger partial charge is 0.485 e. The predicted octanol–water partition coefficient (Wildman–Crippen LogP) is 3.32. The summed E-state index contributed by atoms with van der Waals surface area (Å²) in [5.41, 5.74) is 1.91. The Labute approximate surface area is 130 Å². The Bertz CT molecular complexity index is 658. The van der Waals surface area contributed by atoms with E-state index >= 15 is 0 Å². The first kappa shape index (κ1) is 15.0. The fourth-order valence-corrected chi connectivity index (χ4v) is 2.68. The van der Waals surface area contributed by atoms with Gasteiger partial charge >= 0.3 is 0 Å². The van der Waals surface area contributed by atoms with E-state index in [2.05, 4.69) is 10.1 Å². The third-order valence-electron chi connectivity index (χ3n) is 3.90. The SMILES string of the molecule is CC(C)(C)c1nc(COc2cccc3c2CCCC3O)no1. The molecule has 22 heavy (non-hydrogen) atoms. The summed E-state index contributed by atoms with van der Waals surface area (Å²) in [7, 11) is 0. The van der Waals surface area contributed by atoms with Gasteiger partial charge in [0.25, 0.3) is 0 Å². The standard InChI is InChI=1S/C17H22N2O3/c1-17(2,3)16-18-15(19-22-16)10-21-14-9-5-6-11-12(14)7-4-8-13(11)20/h5-6,9,13,20H,4,7-8,10H2,1-3H3. The van der Waals surface area contributed by atoms with Gasteiger partial charge in [-0.3, -0.25) is 0 Å². The molecule has 0 fully saturated rings. The smallest absolute Gasteiger partial charge is 0.232 e. The molecular formula is C17H22N2O3. The summed E-state index contributed by atoms with van der Waals surface area (Å²) in [4.78, 5) is 4.37. The zero-order valence-electron chi connectivity index (χ0n) is 13.3. The number of hydrogen-bond donors (Lipinski definition) is 1. The minimum atomic E-state index is -0.384. The Balaban J connectivity index is 1.75. The van der Waals surface area contributed by atoms with Crippen LogP contribution in [-0.2, 0) is 18.4 Å². The lowest BCUT2D eigenvalue weighted by Gasteiger charge is -2.23. The van der Waals surface area contributed by atoms with Gasteiger partial charge < -0.3 is 14.4 Å². The molecule has 1 aromatic heterocycles. The lowest BCUT2D eigenvalue weighted by Crippen LogP contribution is -2.12. The third kappa shape index (κ3) is 2.99. The summed E-state index contributed by atoms with van der Waals surface area (Å²) in [6.07, 6.45) is 2.34. The average molecular weight is 302 g/mol. The molecule has 0 spiro atoms. The topological polar surface area (TPSA) is 68.4 Å². The van der Waals surface area contributed by atoms with E-state index in [1.165, 1.54) is 0 Å². The summed E-state index contributed by atoms with van der Waals surface area (Å²) < 4.78 is 11.1. The van der Waals surface area contributed by atoms with E-state index in [1.807, 2.05) is 39.0 Å². The highest BCUT2D eigenvalue weighted by molar-refractivity contribution is 5.42. The van der Waals surface area contributed by atoms with E-state index in [4.69, 9.17) is 9.26 Å². The molecule has 0 saturated heterocycles. The van der Waals surface area contributed by atoms with Crippen molar-refractivity contribution in [2.45, 2.75) is 58.2 Å². The van der Waals surface area contributed by atoms with Gasteiger partial charge in [-0.15, -0.1) is 0 Å². The Morgan fingerprint density at radius 3 is 2.91 bits per heavy atom. The number of rotatable bonds is 3. The van der Waals surface area contributed by atoms with Crippen molar-refractivity contribution < 1.29 is 14.4 Å². The Morgan fingerprint density at radius 1 is 1.36 bits per heavy atom. The highest BCUT2D eigenvalue weighted by atomic mass is 16.5. The summed E-state index contributed by atoms with van der Waals surface area (Å²) in [5.74, 6) is 1.95. The minimum Gasteiger partial charge on any atom is -0.485 e. The molecule has 0 radical (unpaired) electrons. The molecular weight excluding hydrogens is 280 g/mol. The second-order valence-corrected chi connectivity index (χ2v) is 6.79. The molecule has 0 amide bonds. The van der Waals surface area contributed by atoms with Crippen molar-refractivity contribution in [1.29, 1.82) is 0 Å². The second-order valence-electron chi connectivity index (χ2n) is 6.79. The highest BCUT2D eigenvalue weighted by Gasteiger charge is 2.23. The summed E-state index contributed by atoms with van der Waals surface area (Å²) in [6, 6.07) is 5.82. The second kappa shape index (κ2) is 5.72. The van der Waals surface area contributed by atoms with Gasteiger partial charge in [0.05, 0.1) is 6.10 Å². The van der Waals surface area contributed by atoms with Gasteiger partial charge in [0.15, 0.2) is 6.61 Å². The third-order valence-corrected chi connectivity index (χ3v) is 3.90. The molecule has 0 aliphatic heterocycles. The van der Waals surface area contributed by atoms with E-state index in [1.54, 1.807) is 0 Å². The van der Waals surface area contributed by atoms with E-state index in [-0.39, 0.29) is 18.1 Å². The van der Waals surface area contributed by atoms with Crippen molar-refractivity contribution in [2.75, 3.05) is 0 Å². The van der Waals surface area contributed by atoms with Crippen LogP contribution in [0.4, 0.5) is 0 Å². The van der Waals surface area contributed by atoms with E-state index in [9.17, 15) is 5.11 Å². The van der Waals surface area contributed by atoms with Crippen LogP contribution in [0.1, 0.15) is 62.6 Å². The number of aliphatic hydroxyl groups excluding tert-OH is 1. The van der Waals surface area contributed by atoms with Crippen molar-refractivity contribution >= 4 is 0 Å². The van der Waals surface area contributed by atoms with Crippen LogP contribution in [0.5, 0.6) is 5.75 Å². The average Bonchev–Trinajstić information content (AvgIpc) is 2.95. The number of ether oxygens (including phenoxy) is 1. The van der Waals surface area contributed by atoms with E-state index < -0.39 is 0 Å². The fraction of sp³-hybridized carbons (Fsp3) is 0.529. The monoisotopic (exact) mass is 302 g/mol. The first-order chi connectivity index (χ1) is 10.4. The zero-order chi connectivity index (χ0) is 15.7. The van der Waals surface area contributed by atoms with Crippen LogP contribution < -0.4 is 4.74 Å². The molecule has 1 unspecified atom stereocenters. The van der Waals surface area contributed by atoms with Crippen LogP contribution in [0.2, 0.25) is 0 Å². The van der Waals surface area contributed by atoms with Gasteiger partial charge in [-0.05, 0) is 36.5 Å². The first-order valence-electron chi connectivity index (χ1n) is 7.71. The Hall–Kier alpha value is -1.88. The van der Waals surface area contributed by atoms with E-state index in [0.29, 0.717) is 11.7 Å². The number of fused-ring (bicyclic) bond motifs is 1. The summed E-state index contributed by atoms with van der Waals surface area (Å²) >= 11 is 0. The van der Waals surface area contributed by atoms with Crippen molar-refractivity contribution in [1.82, 2.24) is 10.1 Å². The Kier molecular flexibility index (Phi) is 3.91. The van der Waals surface area contributed by atoms with Crippen molar-refractivity contribution in [3.8, 4) is 5.75 Å². The van der Waals surface area contributed by atoms with Gasteiger partial charge in [0.1, 0.15) is 5.75 Å². The molecule has 5 nitrogen and oxygen atoms in total. The molecule has 1 N–H and O–H groups in total. The molecule has 3 rings (SSSR count). The van der Waals surface area contributed by atoms with Crippen LogP contribution >= 0.6 is 0 Å². The maximum atomic E-state index is 10.1. The molecule has 1 atom stereocenters. The minimum absolute atomic E-state index is 0.165. The van der Waals surface area contributed by atoms with Gasteiger partial charge in [-0.1, -0.05) is 38.1 Å². The molecule has 1 aromatic carbocycles. The fourth-order valence-electron chi connectivity index (χ4n) is 2.68. The maximum Gasteiger partial charge on any atom is 0.232 e. The highest BCUT2D eigenvalue weighted by Crippen LogP contribution is 2.35. The number of aromatic nitrogens is 2. The Morgan fingerprint density at radius 2 is 2.18 bits per heavy atom. The normalized spacial score (nSPS) is 18.1. The lowest BCUT2D eigenvalue weighted by molar-refractivity contribution is 0.155. The first-order valence-corrected chi connectivity index (χ1v) is 7.71. The summed E-state index contributed by atoms with van der Waals surface area (Å²) in [5, 5.41) is 14.0. The van der Waals surface area contributed by atoms with Crippen LogP contribution in [-0.4, -0.2) is 15.2 Å². The molecule has 118 valence electrons. The van der Waals surface area contributed by atoms with Gasteiger partial charge in [0.2, 0.25) is 11.7 Å². The van der Waals surface area contributed by atoms with Crippen molar-refractivity contribution in [3.63, 3.8) is 0 Å². The maximum absolute atomic E-state index is 10.1. The van der Waals surface area contributed by atoms with E-state index in [0.717, 1.165) is 36.1 Å². The zero-order valence-corrected chi connectivity index (χ0v) is 13.3. The molecule has 1 aliphatic rings. The molecule has 1 heterocycles. The number of hydrogen-bond acceptors (Lipinski definition) is 5. The quantitative estimate of drug-likeness (QED) is 0.942. The molecule has 1 aliphatic carbocycles. The number of aliphatic hydroxyl groups is 1. The van der Waals surface area contributed by atoms with Crippen LogP contribution in [0.15, 0.2) is 22.7 Å². The molecule has 5 heteroatoms.